The first-order chi connectivity index (χ1) is 13.1. The highest BCUT2D eigenvalue weighted by atomic mass is 35.5. The Morgan fingerprint density at radius 3 is 2.56 bits per heavy atom. The first-order valence-electron chi connectivity index (χ1n) is 8.67. The van der Waals surface area contributed by atoms with Crippen molar-refractivity contribution in [2.24, 2.45) is 0 Å². The summed E-state index contributed by atoms with van der Waals surface area (Å²) in [6.07, 6.45) is 3.28. The Morgan fingerprint density at radius 1 is 1.19 bits per heavy atom. The Bertz CT molecular complexity index is 882. The third-order valence-electron chi connectivity index (χ3n) is 4.12. The lowest BCUT2D eigenvalue weighted by molar-refractivity contribution is -0.139. The fraction of sp³-hybridized carbons (Fsp3) is 0.182. The van der Waals surface area contributed by atoms with E-state index in [0.717, 1.165) is 11.1 Å². The minimum Gasteiger partial charge on any atom is -0.462 e. The van der Waals surface area contributed by atoms with Crippen LogP contribution in [0.2, 0.25) is 5.02 Å². The number of cyclic esters (lactones) is 1. The van der Waals surface area contributed by atoms with Gasteiger partial charge in [0.2, 0.25) is 0 Å². The average Bonchev–Trinajstić information content (AvgIpc) is 3.04. The van der Waals surface area contributed by atoms with Gasteiger partial charge in [0.15, 0.2) is 0 Å². The van der Waals surface area contributed by atoms with Crippen LogP contribution in [0.5, 0.6) is 0 Å². The van der Waals surface area contributed by atoms with Gasteiger partial charge in [-0.3, -0.25) is 0 Å². The summed E-state index contributed by atoms with van der Waals surface area (Å²) in [5.41, 5.74) is 2.44. The molecule has 0 amide bonds. The highest BCUT2D eigenvalue weighted by Crippen LogP contribution is 2.33. The summed E-state index contributed by atoms with van der Waals surface area (Å²) in [7, 11) is 0. The minimum absolute atomic E-state index is 0.247. The van der Waals surface area contributed by atoms with Crippen molar-refractivity contribution < 1.29 is 19.1 Å². The number of hydrogen-bond acceptors (Lipinski definition) is 4. The van der Waals surface area contributed by atoms with Gasteiger partial charge in [-0.05, 0) is 42.3 Å². The number of carbonyl (C=O) groups excluding carboxylic acids is 2. The van der Waals surface area contributed by atoms with Gasteiger partial charge in [0.05, 0.1) is 12.2 Å². The largest absolute Gasteiger partial charge is 0.462 e. The van der Waals surface area contributed by atoms with E-state index in [2.05, 4.69) is 0 Å². The van der Waals surface area contributed by atoms with Gasteiger partial charge < -0.3 is 9.47 Å². The molecule has 0 aliphatic carbocycles. The topological polar surface area (TPSA) is 52.6 Å². The van der Waals surface area contributed by atoms with Gasteiger partial charge in [-0.25, -0.2) is 9.59 Å². The molecule has 0 N–H and O–H groups in total. The van der Waals surface area contributed by atoms with Crippen LogP contribution in [0.25, 0.3) is 6.08 Å². The zero-order valence-corrected chi connectivity index (χ0v) is 15.6. The van der Waals surface area contributed by atoms with Crippen molar-refractivity contribution in [3.05, 3.63) is 88.0 Å². The van der Waals surface area contributed by atoms with Crippen LogP contribution in [-0.2, 0) is 19.1 Å². The van der Waals surface area contributed by atoms with E-state index in [1.807, 2.05) is 30.3 Å². The summed E-state index contributed by atoms with van der Waals surface area (Å²) >= 11 is 5.91. The summed E-state index contributed by atoms with van der Waals surface area (Å²) in [6, 6.07) is 16.6. The smallest absolute Gasteiger partial charge is 0.338 e. The lowest BCUT2D eigenvalue weighted by Gasteiger charge is -2.07. The molecule has 2 aromatic carbocycles. The van der Waals surface area contributed by atoms with Crippen LogP contribution < -0.4 is 0 Å². The lowest BCUT2D eigenvalue weighted by Crippen LogP contribution is -2.07. The summed E-state index contributed by atoms with van der Waals surface area (Å²) in [5.74, 6) is -0.911. The third kappa shape index (κ3) is 4.86. The fourth-order valence-corrected chi connectivity index (χ4v) is 2.93. The van der Waals surface area contributed by atoms with Gasteiger partial charge in [0, 0.05) is 17.0 Å². The second kappa shape index (κ2) is 8.69. The van der Waals surface area contributed by atoms with Gasteiger partial charge in [-0.2, -0.15) is 0 Å². The average molecular weight is 383 g/mol. The molecule has 1 aliphatic rings. The maximum Gasteiger partial charge on any atom is 0.338 e. The van der Waals surface area contributed by atoms with E-state index < -0.39 is 11.9 Å². The highest BCUT2D eigenvalue weighted by molar-refractivity contribution is 6.30. The van der Waals surface area contributed by atoms with Crippen LogP contribution in [0.1, 0.15) is 30.6 Å². The van der Waals surface area contributed by atoms with Crippen LogP contribution in [0.4, 0.5) is 0 Å². The van der Waals surface area contributed by atoms with Crippen LogP contribution in [-0.4, -0.2) is 18.5 Å². The molecule has 3 rings (SSSR count). The van der Waals surface area contributed by atoms with E-state index in [4.69, 9.17) is 21.1 Å². The number of hydrogen-bond donors (Lipinski definition) is 0. The molecule has 0 spiro atoms. The fourth-order valence-electron chi connectivity index (χ4n) is 2.80. The van der Waals surface area contributed by atoms with Gasteiger partial charge in [-0.1, -0.05) is 54.1 Å². The van der Waals surface area contributed by atoms with E-state index in [9.17, 15) is 9.59 Å². The van der Waals surface area contributed by atoms with Gasteiger partial charge in [0.25, 0.3) is 0 Å². The Hall–Kier alpha value is -2.85. The molecule has 4 nitrogen and oxygen atoms in total. The molecule has 5 heteroatoms. The van der Waals surface area contributed by atoms with Gasteiger partial charge in [-0.15, -0.1) is 0 Å². The van der Waals surface area contributed by atoms with Gasteiger partial charge in [0.1, 0.15) is 6.10 Å². The zero-order chi connectivity index (χ0) is 19.2. The van der Waals surface area contributed by atoms with Crippen molar-refractivity contribution >= 4 is 29.6 Å². The van der Waals surface area contributed by atoms with Crippen molar-refractivity contribution in [2.75, 3.05) is 6.61 Å². The first-order valence-corrected chi connectivity index (χ1v) is 9.05. The Morgan fingerprint density at radius 2 is 1.89 bits per heavy atom. The van der Waals surface area contributed by atoms with Crippen molar-refractivity contribution in [3.63, 3.8) is 0 Å². The monoisotopic (exact) mass is 382 g/mol. The number of rotatable bonds is 5. The Kier molecular flexibility index (Phi) is 6.09. The molecule has 0 saturated carbocycles. The van der Waals surface area contributed by atoms with E-state index >= 15 is 0 Å². The third-order valence-corrected chi connectivity index (χ3v) is 4.37. The number of benzene rings is 2. The predicted molar refractivity (Wildman–Crippen MR) is 104 cm³/mol. The number of esters is 2. The summed E-state index contributed by atoms with van der Waals surface area (Å²) in [4.78, 5) is 24.6. The molecule has 27 heavy (non-hydrogen) atoms. The van der Waals surface area contributed by atoms with Crippen molar-refractivity contribution in [3.8, 4) is 0 Å². The maximum absolute atomic E-state index is 12.3. The van der Waals surface area contributed by atoms with Crippen molar-refractivity contribution in [2.45, 2.75) is 19.4 Å². The summed E-state index contributed by atoms with van der Waals surface area (Å²) in [6.45, 7) is 1.98. The molecule has 0 radical (unpaired) electrons. The van der Waals surface area contributed by atoms with Gasteiger partial charge >= 0.3 is 11.9 Å². The molecule has 1 fully saturated rings. The number of ether oxygens (including phenoxy) is 2. The molecule has 1 heterocycles. The highest BCUT2D eigenvalue weighted by Gasteiger charge is 2.30. The quantitative estimate of drug-likeness (QED) is 0.545. The van der Waals surface area contributed by atoms with E-state index in [-0.39, 0.29) is 12.7 Å². The lowest BCUT2D eigenvalue weighted by atomic mass is 10.0. The van der Waals surface area contributed by atoms with Crippen LogP contribution >= 0.6 is 11.6 Å². The minimum atomic E-state index is -0.490. The molecular weight excluding hydrogens is 364 g/mol. The number of carbonyl (C=O) groups is 2. The second-order valence-electron chi connectivity index (χ2n) is 6.05. The predicted octanol–water partition coefficient (Wildman–Crippen LogP) is 4.90. The van der Waals surface area contributed by atoms with Crippen LogP contribution in [0, 0.1) is 0 Å². The van der Waals surface area contributed by atoms with Crippen LogP contribution in [0.3, 0.4) is 0 Å². The molecule has 0 bridgehead atoms. The van der Waals surface area contributed by atoms with E-state index in [1.54, 1.807) is 43.3 Å². The molecule has 1 unspecified atom stereocenters. The Balaban J connectivity index is 1.89. The van der Waals surface area contributed by atoms with E-state index in [1.165, 1.54) is 0 Å². The molecule has 0 aromatic heterocycles. The maximum atomic E-state index is 12.3. The molecule has 138 valence electrons. The normalized spacial score (nSPS) is 18.4. The molecule has 1 atom stereocenters. The molecule has 1 aliphatic heterocycles. The Labute approximate surface area is 163 Å². The molecule has 2 aromatic rings. The zero-order valence-electron chi connectivity index (χ0n) is 14.9. The summed E-state index contributed by atoms with van der Waals surface area (Å²) in [5, 5.41) is 0.605. The molecule has 1 saturated heterocycles. The van der Waals surface area contributed by atoms with E-state index in [0.29, 0.717) is 22.6 Å². The number of halogens is 1. The summed E-state index contributed by atoms with van der Waals surface area (Å²) < 4.78 is 10.6. The SMILES string of the molecule is CCOC(=O)C(/C=C1/CC(c2ccccc2)OC1=O)=C/c1ccc(Cl)cc1. The van der Waals surface area contributed by atoms with Crippen molar-refractivity contribution in [1.29, 1.82) is 0 Å². The van der Waals surface area contributed by atoms with Crippen LogP contribution in [0.15, 0.2) is 71.8 Å². The second-order valence-corrected chi connectivity index (χ2v) is 6.49. The van der Waals surface area contributed by atoms with Crippen molar-refractivity contribution in [1.82, 2.24) is 0 Å². The first kappa shape index (κ1) is 18.9. The molecular formula is C22H19ClO4. The standard InChI is InChI=1S/C22H19ClO4/c1-2-26-21(24)17(12-15-8-10-19(23)11-9-15)13-18-14-20(27-22(18)25)16-6-4-3-5-7-16/h3-13,20H,2,14H2,1H3/b17-12+,18-13-.